The molecule has 0 fully saturated rings. The van der Waals surface area contributed by atoms with Gasteiger partial charge < -0.3 is 9.90 Å². The summed E-state index contributed by atoms with van der Waals surface area (Å²) in [5.74, 6) is 0. The minimum atomic E-state index is 0.367. The van der Waals surface area contributed by atoms with E-state index >= 15 is 0 Å². The summed E-state index contributed by atoms with van der Waals surface area (Å²) in [7, 11) is 0. The van der Waals surface area contributed by atoms with Gasteiger partial charge in [-0.25, -0.2) is 0 Å². The van der Waals surface area contributed by atoms with E-state index in [2.05, 4.69) is 13.8 Å². The molecule has 0 aromatic heterocycles. The zero-order chi connectivity index (χ0) is 13.9. The summed E-state index contributed by atoms with van der Waals surface area (Å²) in [5, 5.41) is 8.42. The molecule has 0 atom stereocenters. The minimum Gasteiger partial charge on any atom is -0.396 e. The Morgan fingerprint density at radius 2 is 1.17 bits per heavy atom. The van der Waals surface area contributed by atoms with Crippen molar-refractivity contribution in [2.75, 3.05) is 6.61 Å². The molecule has 0 saturated heterocycles. The van der Waals surface area contributed by atoms with Gasteiger partial charge in [0.05, 0.1) is 0 Å². The molecule has 0 aliphatic carbocycles. The summed E-state index contributed by atoms with van der Waals surface area (Å²) >= 11 is 0. The second-order valence-electron chi connectivity index (χ2n) is 4.86. The van der Waals surface area contributed by atoms with Crippen LogP contribution in [-0.4, -0.2) is 18.0 Å². The molecule has 0 aliphatic heterocycles. The molecule has 0 bridgehead atoms. The molecule has 0 heterocycles. The number of unbranched alkanes of at least 4 members (excludes halogenated alkanes) is 10. The number of carbonyl (C=O) groups excluding carboxylic acids is 1. The summed E-state index contributed by atoms with van der Waals surface area (Å²) in [6, 6.07) is 0. The van der Waals surface area contributed by atoms with Crippen LogP contribution in [0.3, 0.4) is 0 Å². The number of rotatable bonds is 12. The van der Waals surface area contributed by atoms with Gasteiger partial charge in [0, 0.05) is 13.0 Å². The highest BCUT2D eigenvalue weighted by Gasteiger charge is 1.86. The van der Waals surface area contributed by atoms with Crippen LogP contribution in [0.1, 0.15) is 90.9 Å². The first kappa shape index (κ1) is 20.0. The quantitative estimate of drug-likeness (QED) is 0.400. The molecule has 0 radical (unpaired) electrons. The molecule has 0 aromatic rings. The first-order chi connectivity index (χ1) is 8.83. The van der Waals surface area contributed by atoms with E-state index in [0.717, 1.165) is 25.5 Å². The minimum absolute atomic E-state index is 0.367. The molecular formula is C16H34O2. The molecule has 2 nitrogen and oxygen atoms in total. The zero-order valence-electron chi connectivity index (χ0n) is 12.6. The van der Waals surface area contributed by atoms with Crippen LogP contribution in [0.2, 0.25) is 0 Å². The van der Waals surface area contributed by atoms with Crippen molar-refractivity contribution in [3.8, 4) is 0 Å². The molecule has 0 spiro atoms. The third-order valence-corrected chi connectivity index (χ3v) is 2.94. The smallest absolute Gasteiger partial charge is 0.119 e. The largest absolute Gasteiger partial charge is 0.396 e. The van der Waals surface area contributed by atoms with Gasteiger partial charge in [0.15, 0.2) is 0 Å². The molecule has 0 saturated carbocycles. The maximum atomic E-state index is 9.84. The molecule has 0 aliphatic rings. The Morgan fingerprint density at radius 1 is 0.722 bits per heavy atom. The van der Waals surface area contributed by atoms with Crippen LogP contribution in [0.4, 0.5) is 0 Å². The fourth-order valence-electron chi connectivity index (χ4n) is 1.72. The monoisotopic (exact) mass is 258 g/mol. The first-order valence-electron chi connectivity index (χ1n) is 7.87. The number of hydrogen-bond donors (Lipinski definition) is 1. The Hall–Kier alpha value is -0.370. The van der Waals surface area contributed by atoms with Crippen LogP contribution in [-0.2, 0) is 4.79 Å². The van der Waals surface area contributed by atoms with Crippen molar-refractivity contribution in [1.29, 1.82) is 0 Å². The number of aliphatic hydroxyl groups excluding tert-OH is 1. The van der Waals surface area contributed by atoms with E-state index in [9.17, 15) is 4.79 Å². The van der Waals surface area contributed by atoms with Crippen molar-refractivity contribution < 1.29 is 9.90 Å². The summed E-state index contributed by atoms with van der Waals surface area (Å²) in [6.45, 7) is 4.78. The predicted octanol–water partition coefficient (Wildman–Crippen LogP) is 4.89. The van der Waals surface area contributed by atoms with Gasteiger partial charge in [0.1, 0.15) is 6.29 Å². The lowest BCUT2D eigenvalue weighted by Gasteiger charge is -1.95. The fraction of sp³-hybridized carbons (Fsp3) is 0.938. The first-order valence-corrected chi connectivity index (χ1v) is 7.87. The van der Waals surface area contributed by atoms with Gasteiger partial charge in [0.2, 0.25) is 0 Å². The highest BCUT2D eigenvalue weighted by Crippen LogP contribution is 2.04. The third kappa shape index (κ3) is 24.7. The summed E-state index contributed by atoms with van der Waals surface area (Å²) in [5.41, 5.74) is 0. The Morgan fingerprint density at radius 3 is 1.61 bits per heavy atom. The lowest BCUT2D eigenvalue weighted by atomic mass is 10.1. The van der Waals surface area contributed by atoms with E-state index in [1.165, 1.54) is 57.8 Å². The maximum absolute atomic E-state index is 9.84. The van der Waals surface area contributed by atoms with E-state index in [4.69, 9.17) is 5.11 Å². The van der Waals surface area contributed by atoms with Crippen LogP contribution in [0.5, 0.6) is 0 Å². The van der Waals surface area contributed by atoms with E-state index in [1.807, 2.05) is 0 Å². The van der Waals surface area contributed by atoms with Crippen LogP contribution >= 0.6 is 0 Å². The van der Waals surface area contributed by atoms with Gasteiger partial charge in [-0.2, -0.15) is 0 Å². The van der Waals surface area contributed by atoms with Crippen molar-refractivity contribution in [3.63, 3.8) is 0 Å². The van der Waals surface area contributed by atoms with E-state index in [1.54, 1.807) is 0 Å². The van der Waals surface area contributed by atoms with Crippen LogP contribution in [0.15, 0.2) is 0 Å². The molecule has 0 amide bonds. The Labute approximate surface area is 114 Å². The molecule has 1 N–H and O–H groups in total. The average Bonchev–Trinajstić information content (AvgIpc) is 2.39. The van der Waals surface area contributed by atoms with Crippen molar-refractivity contribution in [2.45, 2.75) is 90.9 Å². The molecule has 2 heteroatoms. The van der Waals surface area contributed by atoms with Gasteiger partial charge >= 0.3 is 0 Å². The third-order valence-electron chi connectivity index (χ3n) is 2.94. The van der Waals surface area contributed by atoms with Crippen molar-refractivity contribution in [1.82, 2.24) is 0 Å². The molecular weight excluding hydrogens is 224 g/mol. The number of hydrogen-bond acceptors (Lipinski definition) is 2. The van der Waals surface area contributed by atoms with E-state index in [-0.39, 0.29) is 0 Å². The summed E-state index contributed by atoms with van der Waals surface area (Å²) < 4.78 is 0. The Kier molecular flexibility index (Phi) is 24.2. The second kappa shape index (κ2) is 21.9. The van der Waals surface area contributed by atoms with E-state index in [0.29, 0.717) is 6.61 Å². The second-order valence-corrected chi connectivity index (χ2v) is 4.86. The van der Waals surface area contributed by atoms with Gasteiger partial charge in [-0.1, -0.05) is 71.6 Å². The molecule has 18 heavy (non-hydrogen) atoms. The molecule has 0 rings (SSSR count). The summed E-state index contributed by atoms with van der Waals surface area (Å²) in [6.07, 6.45) is 15.5. The Balaban J connectivity index is 0. The molecule has 0 aromatic carbocycles. The molecule has 110 valence electrons. The standard InChI is InChI=1S/C8H18O.C8H16O/c2*1-2-3-4-5-6-7-8-9/h9H,2-8H2,1H3;8H,2-7H2,1H3. The van der Waals surface area contributed by atoms with Gasteiger partial charge in [-0.15, -0.1) is 0 Å². The van der Waals surface area contributed by atoms with Crippen molar-refractivity contribution >= 4 is 6.29 Å². The fourth-order valence-corrected chi connectivity index (χ4v) is 1.72. The maximum Gasteiger partial charge on any atom is 0.119 e. The number of carbonyl (C=O) groups is 1. The topological polar surface area (TPSA) is 37.3 Å². The average molecular weight is 258 g/mol. The van der Waals surface area contributed by atoms with Gasteiger partial charge in [-0.3, -0.25) is 0 Å². The SMILES string of the molecule is CCCCCCCC=O.CCCCCCCCO. The predicted molar refractivity (Wildman–Crippen MR) is 79.9 cm³/mol. The van der Waals surface area contributed by atoms with Gasteiger partial charge in [0.25, 0.3) is 0 Å². The van der Waals surface area contributed by atoms with Gasteiger partial charge in [-0.05, 0) is 12.8 Å². The Bertz CT molecular complexity index is 129. The lowest BCUT2D eigenvalue weighted by molar-refractivity contribution is -0.107. The van der Waals surface area contributed by atoms with Crippen molar-refractivity contribution in [3.05, 3.63) is 0 Å². The van der Waals surface area contributed by atoms with Crippen LogP contribution < -0.4 is 0 Å². The molecule has 0 unspecified atom stereocenters. The highest BCUT2D eigenvalue weighted by molar-refractivity contribution is 5.48. The van der Waals surface area contributed by atoms with Crippen LogP contribution in [0, 0.1) is 0 Å². The zero-order valence-corrected chi connectivity index (χ0v) is 12.6. The van der Waals surface area contributed by atoms with E-state index < -0.39 is 0 Å². The lowest BCUT2D eigenvalue weighted by Crippen LogP contribution is -1.82. The summed E-state index contributed by atoms with van der Waals surface area (Å²) in [4.78, 5) is 9.84. The van der Waals surface area contributed by atoms with Crippen LogP contribution in [0.25, 0.3) is 0 Å². The van der Waals surface area contributed by atoms with Crippen molar-refractivity contribution in [2.24, 2.45) is 0 Å². The number of aldehydes is 1. The highest BCUT2D eigenvalue weighted by atomic mass is 16.2. The normalized spacial score (nSPS) is 9.72. The number of aliphatic hydroxyl groups is 1.